The maximum absolute atomic E-state index is 3.45. The predicted molar refractivity (Wildman–Crippen MR) is 77.5 cm³/mol. The zero-order valence-corrected chi connectivity index (χ0v) is 12.4. The molecule has 3 heteroatoms. The Kier molecular flexibility index (Phi) is 11.9. The van der Waals surface area contributed by atoms with Gasteiger partial charge in [0.25, 0.3) is 0 Å². The van der Waals surface area contributed by atoms with Gasteiger partial charge in [-0.25, -0.2) is 0 Å². The van der Waals surface area contributed by atoms with Crippen molar-refractivity contribution in [2.75, 3.05) is 38.7 Å². The van der Waals surface area contributed by atoms with Gasteiger partial charge in [-0.2, -0.15) is 11.8 Å². The molecule has 0 saturated carbocycles. The fourth-order valence-corrected chi connectivity index (χ4v) is 2.72. The van der Waals surface area contributed by atoms with E-state index in [-0.39, 0.29) is 0 Å². The number of unbranched alkanes of at least 4 members (excludes halogenated alkanes) is 1. The van der Waals surface area contributed by atoms with E-state index in [2.05, 4.69) is 37.4 Å². The van der Waals surface area contributed by atoms with Gasteiger partial charge in [0.05, 0.1) is 0 Å². The van der Waals surface area contributed by atoms with Crippen LogP contribution in [0, 0.1) is 0 Å². The second-order valence-corrected chi connectivity index (χ2v) is 5.37. The van der Waals surface area contributed by atoms with Gasteiger partial charge < -0.3 is 10.2 Å². The van der Waals surface area contributed by atoms with E-state index >= 15 is 0 Å². The smallest absolute Gasteiger partial charge is 0.0180 e. The molecule has 1 N–H and O–H groups in total. The molecule has 0 aromatic heterocycles. The standard InChI is InChI=1S/C13H30N2S/c1-5-9-14-10-7-8-11-15(3)13(6-2)12-16-4/h13-14H,5-12H2,1-4H3. The summed E-state index contributed by atoms with van der Waals surface area (Å²) >= 11 is 1.96. The first-order valence-electron chi connectivity index (χ1n) is 6.66. The summed E-state index contributed by atoms with van der Waals surface area (Å²) in [7, 11) is 2.27. The number of nitrogens with one attached hydrogen (secondary N) is 1. The van der Waals surface area contributed by atoms with E-state index < -0.39 is 0 Å². The average molecular weight is 246 g/mol. The van der Waals surface area contributed by atoms with Gasteiger partial charge >= 0.3 is 0 Å². The van der Waals surface area contributed by atoms with Gasteiger partial charge in [0, 0.05) is 11.8 Å². The van der Waals surface area contributed by atoms with Gasteiger partial charge in [0.1, 0.15) is 0 Å². The second kappa shape index (κ2) is 11.7. The summed E-state index contributed by atoms with van der Waals surface area (Å²) in [6.45, 7) is 8.10. The lowest BCUT2D eigenvalue weighted by molar-refractivity contribution is 0.251. The zero-order valence-electron chi connectivity index (χ0n) is 11.6. The van der Waals surface area contributed by atoms with Crippen molar-refractivity contribution >= 4 is 11.8 Å². The highest BCUT2D eigenvalue weighted by Gasteiger charge is 2.10. The van der Waals surface area contributed by atoms with Gasteiger partial charge in [0.15, 0.2) is 0 Å². The summed E-state index contributed by atoms with van der Waals surface area (Å²) in [6, 6.07) is 0.763. The minimum atomic E-state index is 0.763. The van der Waals surface area contributed by atoms with Crippen LogP contribution >= 0.6 is 11.8 Å². The lowest BCUT2D eigenvalue weighted by atomic mass is 10.2. The molecule has 0 spiro atoms. The highest BCUT2D eigenvalue weighted by Crippen LogP contribution is 2.08. The third-order valence-electron chi connectivity index (χ3n) is 2.99. The van der Waals surface area contributed by atoms with Crippen LogP contribution in [0.2, 0.25) is 0 Å². The Morgan fingerprint density at radius 3 is 2.50 bits per heavy atom. The lowest BCUT2D eigenvalue weighted by Gasteiger charge is -2.26. The molecule has 2 nitrogen and oxygen atoms in total. The van der Waals surface area contributed by atoms with Crippen LogP contribution in [0.4, 0.5) is 0 Å². The summed E-state index contributed by atoms with van der Waals surface area (Å²) < 4.78 is 0. The molecule has 0 aromatic rings. The fourth-order valence-electron chi connectivity index (χ4n) is 1.84. The van der Waals surface area contributed by atoms with E-state index in [1.807, 2.05) is 11.8 Å². The number of hydrogen-bond donors (Lipinski definition) is 1. The lowest BCUT2D eigenvalue weighted by Crippen LogP contribution is -2.34. The number of nitrogens with zero attached hydrogens (tertiary/aromatic N) is 1. The molecule has 1 atom stereocenters. The Hall–Kier alpha value is 0.270. The van der Waals surface area contributed by atoms with Gasteiger partial charge in [-0.1, -0.05) is 13.8 Å². The van der Waals surface area contributed by atoms with Crippen LogP contribution in [0.25, 0.3) is 0 Å². The van der Waals surface area contributed by atoms with Crippen LogP contribution in [0.15, 0.2) is 0 Å². The Morgan fingerprint density at radius 1 is 1.19 bits per heavy atom. The Balaban J connectivity index is 3.43. The van der Waals surface area contributed by atoms with Crippen molar-refractivity contribution in [2.45, 2.75) is 45.6 Å². The van der Waals surface area contributed by atoms with Crippen molar-refractivity contribution in [3.05, 3.63) is 0 Å². The summed E-state index contributed by atoms with van der Waals surface area (Å²) in [6.07, 6.45) is 7.33. The second-order valence-electron chi connectivity index (χ2n) is 4.46. The average Bonchev–Trinajstić information content (AvgIpc) is 2.30. The van der Waals surface area contributed by atoms with Crippen molar-refractivity contribution in [1.82, 2.24) is 10.2 Å². The molecule has 0 fully saturated rings. The van der Waals surface area contributed by atoms with Crippen LogP contribution in [0.5, 0.6) is 0 Å². The maximum Gasteiger partial charge on any atom is 0.0180 e. The molecule has 0 aliphatic carbocycles. The molecule has 16 heavy (non-hydrogen) atoms. The molecule has 0 heterocycles. The highest BCUT2D eigenvalue weighted by molar-refractivity contribution is 7.98. The molecule has 0 aliphatic rings. The summed E-state index contributed by atoms with van der Waals surface area (Å²) in [5.41, 5.74) is 0. The van der Waals surface area contributed by atoms with E-state index in [0.29, 0.717) is 0 Å². The van der Waals surface area contributed by atoms with Crippen molar-refractivity contribution in [3.8, 4) is 0 Å². The maximum atomic E-state index is 3.45. The summed E-state index contributed by atoms with van der Waals surface area (Å²) in [4.78, 5) is 2.52. The zero-order chi connectivity index (χ0) is 12.2. The van der Waals surface area contributed by atoms with Gasteiger partial charge in [-0.05, 0) is 58.6 Å². The SMILES string of the molecule is CCCNCCCCN(C)C(CC)CSC. The molecule has 98 valence electrons. The number of rotatable bonds is 11. The molecular formula is C13H30N2S. The first-order chi connectivity index (χ1) is 7.76. The van der Waals surface area contributed by atoms with Crippen LogP contribution in [-0.2, 0) is 0 Å². The van der Waals surface area contributed by atoms with E-state index in [9.17, 15) is 0 Å². The van der Waals surface area contributed by atoms with Crippen LogP contribution in [0.1, 0.15) is 39.5 Å². The van der Waals surface area contributed by atoms with E-state index in [1.54, 1.807) is 0 Å². The third-order valence-corrected chi connectivity index (χ3v) is 3.71. The van der Waals surface area contributed by atoms with Crippen molar-refractivity contribution in [1.29, 1.82) is 0 Å². The van der Waals surface area contributed by atoms with Crippen molar-refractivity contribution in [3.63, 3.8) is 0 Å². The monoisotopic (exact) mass is 246 g/mol. The highest BCUT2D eigenvalue weighted by atomic mass is 32.2. The number of thioether (sulfide) groups is 1. The summed E-state index contributed by atoms with van der Waals surface area (Å²) in [5.74, 6) is 1.26. The molecule has 0 aliphatic heterocycles. The van der Waals surface area contributed by atoms with E-state index in [4.69, 9.17) is 0 Å². The normalized spacial score (nSPS) is 13.3. The quantitative estimate of drug-likeness (QED) is 0.564. The first kappa shape index (κ1) is 16.3. The van der Waals surface area contributed by atoms with Gasteiger partial charge in [-0.3, -0.25) is 0 Å². The molecule has 0 saturated heterocycles. The Labute approximate surface area is 107 Å². The first-order valence-corrected chi connectivity index (χ1v) is 8.05. The molecule has 1 unspecified atom stereocenters. The molecule has 0 amide bonds. The topological polar surface area (TPSA) is 15.3 Å². The van der Waals surface area contributed by atoms with Gasteiger partial charge in [-0.15, -0.1) is 0 Å². The van der Waals surface area contributed by atoms with Crippen LogP contribution < -0.4 is 5.32 Å². The minimum Gasteiger partial charge on any atom is -0.317 e. The Morgan fingerprint density at radius 2 is 1.94 bits per heavy atom. The van der Waals surface area contributed by atoms with Crippen molar-refractivity contribution in [2.24, 2.45) is 0 Å². The number of hydrogen-bond acceptors (Lipinski definition) is 3. The molecule has 0 aromatic carbocycles. The molecular weight excluding hydrogens is 216 g/mol. The molecule has 0 radical (unpaired) electrons. The fraction of sp³-hybridized carbons (Fsp3) is 1.00. The van der Waals surface area contributed by atoms with Gasteiger partial charge in [0.2, 0.25) is 0 Å². The summed E-state index contributed by atoms with van der Waals surface area (Å²) in [5, 5.41) is 3.45. The van der Waals surface area contributed by atoms with Crippen LogP contribution in [0.3, 0.4) is 0 Å². The predicted octanol–water partition coefficient (Wildman–Crippen LogP) is 2.84. The van der Waals surface area contributed by atoms with E-state index in [0.717, 1.165) is 6.04 Å². The van der Waals surface area contributed by atoms with Crippen LogP contribution in [-0.4, -0.2) is 49.6 Å². The molecule has 0 bridgehead atoms. The Bertz CT molecular complexity index is 142. The van der Waals surface area contributed by atoms with E-state index in [1.165, 1.54) is 51.1 Å². The molecule has 0 rings (SSSR count). The third kappa shape index (κ3) is 8.43. The van der Waals surface area contributed by atoms with Crippen molar-refractivity contribution < 1.29 is 0 Å². The largest absolute Gasteiger partial charge is 0.317 e. The minimum absolute atomic E-state index is 0.763.